The fourth-order valence-corrected chi connectivity index (χ4v) is 2.52. The zero-order chi connectivity index (χ0) is 12.8. The van der Waals surface area contributed by atoms with Gasteiger partial charge >= 0.3 is 0 Å². The van der Waals surface area contributed by atoms with Gasteiger partial charge in [0.15, 0.2) is 0 Å². The predicted octanol–water partition coefficient (Wildman–Crippen LogP) is 2.15. The number of hydrogen-bond donors (Lipinski definition) is 2. The quantitative estimate of drug-likeness (QED) is 0.623. The maximum absolute atomic E-state index is 10.9. The molecule has 0 fully saturated rings. The molecule has 0 saturated heterocycles. The minimum atomic E-state index is -0.759. The van der Waals surface area contributed by atoms with Gasteiger partial charge in [-0.3, -0.25) is 4.21 Å². The van der Waals surface area contributed by atoms with E-state index in [1.165, 1.54) is 0 Å². The second-order valence-corrected chi connectivity index (χ2v) is 5.99. The van der Waals surface area contributed by atoms with E-state index in [1.807, 2.05) is 12.1 Å². The van der Waals surface area contributed by atoms with Crippen LogP contribution in [-0.4, -0.2) is 27.8 Å². The van der Waals surface area contributed by atoms with Crippen molar-refractivity contribution >= 4 is 45.3 Å². The maximum Gasteiger partial charge on any atom is 0.107 e. The van der Waals surface area contributed by atoms with Crippen molar-refractivity contribution in [2.45, 2.75) is 6.42 Å². The van der Waals surface area contributed by atoms with Gasteiger partial charge in [-0.1, -0.05) is 29.9 Å². The van der Waals surface area contributed by atoms with E-state index in [1.54, 1.807) is 12.3 Å². The summed E-state index contributed by atoms with van der Waals surface area (Å²) in [5.74, 6) is 0.677. The lowest BCUT2D eigenvalue weighted by atomic mass is 10.1. The highest BCUT2D eigenvalue weighted by Crippen LogP contribution is 2.24. The first-order valence-electron chi connectivity index (χ1n) is 5.14. The topological polar surface area (TPSA) is 55.1 Å². The molecule has 0 aliphatic rings. The monoisotopic (exact) mass is 290 g/mol. The fraction of sp³-hybridized carbons (Fsp3) is 0.364. The minimum absolute atomic E-state index is 0.275. The molecular weight excluding hydrogens is 276 g/mol. The second-order valence-electron chi connectivity index (χ2n) is 3.58. The Balaban J connectivity index is 2.67. The summed E-state index contributed by atoms with van der Waals surface area (Å²) in [7, 11) is -0.759. The number of halogens is 1. The zero-order valence-electron chi connectivity index (χ0n) is 9.53. The molecule has 0 bridgehead atoms. The lowest BCUT2D eigenvalue weighted by Gasteiger charge is -2.12. The van der Waals surface area contributed by atoms with Gasteiger partial charge in [0.05, 0.1) is 10.6 Å². The van der Waals surface area contributed by atoms with Crippen molar-refractivity contribution in [1.29, 1.82) is 0 Å². The van der Waals surface area contributed by atoms with E-state index in [4.69, 9.17) is 29.6 Å². The standard InChI is InChI=1S/C11H15ClN2OS2/c1-17(15)7-3-6-14-9-5-2-4-8(12)10(9)11(13)16/h2,4-5,14H,3,6-7H2,1H3,(H2,13,16). The van der Waals surface area contributed by atoms with E-state index in [-0.39, 0.29) is 4.99 Å². The molecule has 0 amide bonds. The van der Waals surface area contributed by atoms with Crippen molar-refractivity contribution in [2.75, 3.05) is 23.9 Å². The van der Waals surface area contributed by atoms with Crippen LogP contribution in [0.25, 0.3) is 0 Å². The SMILES string of the molecule is CS(=O)CCCNc1cccc(Cl)c1C(N)=S. The average Bonchev–Trinajstić information content (AvgIpc) is 2.23. The molecule has 6 heteroatoms. The molecule has 0 radical (unpaired) electrons. The zero-order valence-corrected chi connectivity index (χ0v) is 11.9. The smallest absolute Gasteiger partial charge is 0.107 e. The Hall–Kier alpha value is -0.650. The Labute approximate surface area is 114 Å². The number of hydrogen-bond acceptors (Lipinski definition) is 3. The second kappa shape index (κ2) is 6.93. The Morgan fingerprint density at radius 3 is 2.88 bits per heavy atom. The molecule has 0 aliphatic heterocycles. The van der Waals surface area contributed by atoms with Crippen LogP contribution < -0.4 is 11.1 Å². The third-order valence-electron chi connectivity index (χ3n) is 2.18. The van der Waals surface area contributed by atoms with Gasteiger partial charge in [0.1, 0.15) is 4.99 Å². The van der Waals surface area contributed by atoms with Gasteiger partial charge in [-0.15, -0.1) is 0 Å². The molecule has 1 aromatic rings. The predicted molar refractivity (Wildman–Crippen MR) is 79.4 cm³/mol. The molecule has 1 unspecified atom stereocenters. The van der Waals surface area contributed by atoms with Gasteiger partial charge in [0.25, 0.3) is 0 Å². The number of anilines is 1. The van der Waals surface area contributed by atoms with Crippen molar-refractivity contribution in [3.8, 4) is 0 Å². The van der Waals surface area contributed by atoms with Gasteiger partial charge in [0.2, 0.25) is 0 Å². The van der Waals surface area contributed by atoms with Crippen molar-refractivity contribution < 1.29 is 4.21 Å². The van der Waals surface area contributed by atoms with Crippen LogP contribution >= 0.6 is 23.8 Å². The first-order chi connectivity index (χ1) is 8.02. The molecule has 3 nitrogen and oxygen atoms in total. The van der Waals surface area contributed by atoms with Crippen LogP contribution in [0, 0.1) is 0 Å². The van der Waals surface area contributed by atoms with Crippen molar-refractivity contribution in [3.63, 3.8) is 0 Å². The minimum Gasteiger partial charge on any atom is -0.389 e. The van der Waals surface area contributed by atoms with Crippen molar-refractivity contribution in [1.82, 2.24) is 0 Å². The molecule has 1 atom stereocenters. The van der Waals surface area contributed by atoms with E-state index >= 15 is 0 Å². The van der Waals surface area contributed by atoms with Crippen LogP contribution in [0.2, 0.25) is 5.02 Å². The molecule has 0 aliphatic carbocycles. The molecule has 3 N–H and O–H groups in total. The molecule has 0 aromatic heterocycles. The molecule has 1 rings (SSSR count). The molecule has 0 spiro atoms. The highest BCUT2D eigenvalue weighted by Gasteiger charge is 2.08. The summed E-state index contributed by atoms with van der Waals surface area (Å²) in [5, 5.41) is 3.75. The molecule has 0 heterocycles. The van der Waals surface area contributed by atoms with E-state index in [0.717, 1.165) is 18.7 Å². The number of nitrogens with one attached hydrogen (secondary N) is 1. The van der Waals surface area contributed by atoms with E-state index in [9.17, 15) is 4.21 Å². The van der Waals surface area contributed by atoms with Crippen LogP contribution in [0.1, 0.15) is 12.0 Å². The largest absolute Gasteiger partial charge is 0.389 e. The number of thiocarbonyl (C=S) groups is 1. The van der Waals surface area contributed by atoms with Gasteiger partial charge in [-0.2, -0.15) is 0 Å². The Bertz CT molecular complexity index is 437. The summed E-state index contributed by atoms with van der Waals surface area (Å²) in [6.45, 7) is 0.718. The number of rotatable bonds is 6. The maximum atomic E-state index is 10.9. The molecule has 94 valence electrons. The Morgan fingerprint density at radius 2 is 2.29 bits per heavy atom. The number of nitrogens with two attached hydrogens (primary N) is 1. The Morgan fingerprint density at radius 1 is 1.59 bits per heavy atom. The summed E-state index contributed by atoms with van der Waals surface area (Å²) >= 11 is 11.0. The van der Waals surface area contributed by atoms with Crippen LogP contribution in [0.5, 0.6) is 0 Å². The van der Waals surface area contributed by atoms with Gasteiger partial charge < -0.3 is 11.1 Å². The molecule has 17 heavy (non-hydrogen) atoms. The summed E-state index contributed by atoms with van der Waals surface area (Å²) in [4.78, 5) is 0.275. The summed E-state index contributed by atoms with van der Waals surface area (Å²) in [6.07, 6.45) is 2.52. The van der Waals surface area contributed by atoms with E-state index < -0.39 is 10.8 Å². The van der Waals surface area contributed by atoms with Gasteiger partial charge in [-0.25, -0.2) is 0 Å². The number of benzene rings is 1. The third kappa shape index (κ3) is 4.61. The van der Waals surface area contributed by atoms with Crippen LogP contribution in [-0.2, 0) is 10.8 Å². The average molecular weight is 291 g/mol. The molecule has 1 aromatic carbocycles. The molecule has 0 saturated carbocycles. The summed E-state index contributed by atoms with van der Waals surface area (Å²) < 4.78 is 10.9. The van der Waals surface area contributed by atoms with Crippen LogP contribution in [0.3, 0.4) is 0 Å². The van der Waals surface area contributed by atoms with Crippen molar-refractivity contribution in [3.05, 3.63) is 28.8 Å². The first kappa shape index (κ1) is 14.4. The van der Waals surface area contributed by atoms with Crippen LogP contribution in [0.4, 0.5) is 5.69 Å². The van der Waals surface area contributed by atoms with Crippen molar-refractivity contribution in [2.24, 2.45) is 5.73 Å². The summed E-state index contributed by atoms with van der Waals surface area (Å²) in [6, 6.07) is 5.47. The lowest BCUT2D eigenvalue weighted by Crippen LogP contribution is -2.15. The van der Waals surface area contributed by atoms with E-state index in [0.29, 0.717) is 16.3 Å². The van der Waals surface area contributed by atoms with Crippen LogP contribution in [0.15, 0.2) is 18.2 Å². The lowest BCUT2D eigenvalue weighted by molar-refractivity contribution is 0.685. The molecular formula is C11H15ClN2OS2. The highest BCUT2D eigenvalue weighted by atomic mass is 35.5. The third-order valence-corrected chi connectivity index (χ3v) is 3.57. The Kier molecular flexibility index (Phi) is 5.88. The fourth-order valence-electron chi connectivity index (χ4n) is 1.42. The van der Waals surface area contributed by atoms with Gasteiger partial charge in [0, 0.05) is 35.0 Å². The summed E-state index contributed by atoms with van der Waals surface area (Å²) in [5.41, 5.74) is 7.12. The first-order valence-corrected chi connectivity index (χ1v) is 7.66. The van der Waals surface area contributed by atoms with Gasteiger partial charge in [-0.05, 0) is 18.6 Å². The van der Waals surface area contributed by atoms with E-state index in [2.05, 4.69) is 5.32 Å². The highest BCUT2D eigenvalue weighted by molar-refractivity contribution is 7.84. The normalized spacial score (nSPS) is 12.1.